The van der Waals surface area contributed by atoms with Crippen molar-refractivity contribution in [3.8, 4) is 0 Å². The molecule has 0 aliphatic heterocycles. The molecule has 0 amide bonds. The Kier molecular flexibility index (Phi) is 0.842. The van der Waals surface area contributed by atoms with E-state index in [0.29, 0.717) is 11.2 Å². The van der Waals surface area contributed by atoms with Crippen molar-refractivity contribution in [1.29, 1.82) is 0 Å². The molecule has 9 heavy (non-hydrogen) atoms. The normalized spacial score (nSPS) is 48.6. The molecular formula is C8H12O. The van der Waals surface area contributed by atoms with Gasteiger partial charge < -0.3 is 0 Å². The number of ketones is 1. The number of hydrogen-bond donors (Lipinski definition) is 0. The van der Waals surface area contributed by atoms with E-state index in [1.807, 2.05) is 0 Å². The lowest BCUT2D eigenvalue weighted by molar-refractivity contribution is -0.121. The number of carbonyl (C=O) groups is 1. The van der Waals surface area contributed by atoms with E-state index in [9.17, 15) is 4.79 Å². The zero-order chi connectivity index (χ0) is 6.48. The molecule has 0 aromatic rings. The minimum atomic E-state index is 0.468. The largest absolute Gasteiger partial charge is 0.300 e. The molecule has 2 aliphatic rings. The van der Waals surface area contributed by atoms with Crippen LogP contribution in [-0.4, -0.2) is 5.78 Å². The first-order valence-corrected chi connectivity index (χ1v) is 3.72. The molecule has 0 heterocycles. The standard InChI is InChI=1S/C8H12O/c1-8-4-6(8)2-3-7(9)5-8/h6H,2-5H2,1H3. The summed E-state index contributed by atoms with van der Waals surface area (Å²) in [5.74, 6) is 1.40. The smallest absolute Gasteiger partial charge is 0.133 e. The molecule has 2 unspecified atom stereocenters. The van der Waals surface area contributed by atoms with Gasteiger partial charge in [0, 0.05) is 12.8 Å². The fourth-order valence-electron chi connectivity index (χ4n) is 2.05. The van der Waals surface area contributed by atoms with Crippen LogP contribution in [-0.2, 0) is 4.79 Å². The fraction of sp³-hybridized carbons (Fsp3) is 0.875. The molecule has 0 N–H and O–H groups in total. The van der Waals surface area contributed by atoms with E-state index < -0.39 is 0 Å². The number of hydrogen-bond acceptors (Lipinski definition) is 1. The summed E-state index contributed by atoms with van der Waals surface area (Å²) in [6.07, 6.45) is 4.23. The van der Waals surface area contributed by atoms with Gasteiger partial charge in [-0.25, -0.2) is 0 Å². The van der Waals surface area contributed by atoms with E-state index in [2.05, 4.69) is 6.92 Å². The van der Waals surface area contributed by atoms with Gasteiger partial charge in [-0.05, 0) is 24.2 Å². The van der Waals surface area contributed by atoms with Gasteiger partial charge in [0.25, 0.3) is 0 Å². The average molecular weight is 124 g/mol. The molecule has 2 fully saturated rings. The predicted octanol–water partition coefficient (Wildman–Crippen LogP) is 1.77. The molecule has 0 saturated heterocycles. The highest BCUT2D eigenvalue weighted by atomic mass is 16.1. The maximum Gasteiger partial charge on any atom is 0.133 e. The third-order valence-electron chi connectivity index (χ3n) is 2.91. The molecule has 2 saturated carbocycles. The molecule has 50 valence electrons. The molecule has 0 aromatic heterocycles. The van der Waals surface area contributed by atoms with Crippen LogP contribution in [0.4, 0.5) is 0 Å². The monoisotopic (exact) mass is 124 g/mol. The van der Waals surface area contributed by atoms with E-state index in [0.717, 1.165) is 18.8 Å². The number of carbonyl (C=O) groups excluding carboxylic acids is 1. The van der Waals surface area contributed by atoms with Crippen molar-refractivity contribution >= 4 is 5.78 Å². The Labute approximate surface area is 55.4 Å². The van der Waals surface area contributed by atoms with Gasteiger partial charge in [0.2, 0.25) is 0 Å². The molecule has 0 bridgehead atoms. The van der Waals surface area contributed by atoms with Crippen LogP contribution in [0.2, 0.25) is 0 Å². The summed E-state index contributed by atoms with van der Waals surface area (Å²) in [6, 6.07) is 0. The molecule has 1 nitrogen and oxygen atoms in total. The Morgan fingerprint density at radius 3 is 3.00 bits per heavy atom. The number of fused-ring (bicyclic) bond motifs is 1. The number of Topliss-reactive ketones (excluding diaryl/α,β-unsaturated/α-hetero) is 1. The van der Waals surface area contributed by atoms with Crippen molar-refractivity contribution in [3.05, 3.63) is 0 Å². The first kappa shape index (κ1) is 5.45. The van der Waals surface area contributed by atoms with Crippen LogP contribution >= 0.6 is 0 Å². The van der Waals surface area contributed by atoms with Crippen LogP contribution in [0.1, 0.15) is 32.6 Å². The maximum absolute atomic E-state index is 10.9. The average Bonchev–Trinajstić information content (AvgIpc) is 2.38. The Morgan fingerprint density at radius 1 is 1.67 bits per heavy atom. The molecule has 0 aromatic carbocycles. The van der Waals surface area contributed by atoms with Crippen LogP contribution in [0, 0.1) is 11.3 Å². The summed E-state index contributed by atoms with van der Waals surface area (Å²) in [4.78, 5) is 10.9. The summed E-state index contributed by atoms with van der Waals surface area (Å²) in [5.41, 5.74) is 0.468. The molecule has 2 atom stereocenters. The summed E-state index contributed by atoms with van der Waals surface area (Å²) in [5, 5.41) is 0. The van der Waals surface area contributed by atoms with Gasteiger partial charge in [0.05, 0.1) is 0 Å². The second-order valence-corrected chi connectivity index (χ2v) is 3.81. The summed E-state index contributed by atoms with van der Waals surface area (Å²) in [6.45, 7) is 2.24. The number of rotatable bonds is 0. The predicted molar refractivity (Wildman–Crippen MR) is 35.1 cm³/mol. The van der Waals surface area contributed by atoms with Crippen molar-refractivity contribution in [3.63, 3.8) is 0 Å². The Morgan fingerprint density at radius 2 is 2.44 bits per heavy atom. The molecule has 1 heteroatoms. The van der Waals surface area contributed by atoms with E-state index in [-0.39, 0.29) is 0 Å². The topological polar surface area (TPSA) is 17.1 Å². The van der Waals surface area contributed by atoms with Gasteiger partial charge in [-0.1, -0.05) is 6.92 Å². The zero-order valence-corrected chi connectivity index (χ0v) is 5.81. The van der Waals surface area contributed by atoms with Crippen LogP contribution in [0.5, 0.6) is 0 Å². The molecular weight excluding hydrogens is 112 g/mol. The summed E-state index contributed by atoms with van der Waals surface area (Å²) >= 11 is 0. The van der Waals surface area contributed by atoms with Gasteiger partial charge >= 0.3 is 0 Å². The van der Waals surface area contributed by atoms with Crippen LogP contribution < -0.4 is 0 Å². The first-order valence-electron chi connectivity index (χ1n) is 3.72. The van der Waals surface area contributed by atoms with Gasteiger partial charge in [0.1, 0.15) is 5.78 Å². The lowest BCUT2D eigenvalue weighted by Crippen LogP contribution is -2.13. The van der Waals surface area contributed by atoms with Gasteiger partial charge in [-0.15, -0.1) is 0 Å². The lowest BCUT2D eigenvalue weighted by Gasteiger charge is -2.14. The second kappa shape index (κ2) is 1.39. The zero-order valence-electron chi connectivity index (χ0n) is 5.81. The molecule has 0 spiro atoms. The highest BCUT2D eigenvalue weighted by Crippen LogP contribution is 2.59. The first-order chi connectivity index (χ1) is 4.21. The van der Waals surface area contributed by atoms with Gasteiger partial charge in [0.15, 0.2) is 0 Å². The summed E-state index contributed by atoms with van der Waals surface area (Å²) < 4.78 is 0. The Bertz CT molecular complexity index is 162. The summed E-state index contributed by atoms with van der Waals surface area (Å²) in [7, 11) is 0. The minimum Gasteiger partial charge on any atom is -0.300 e. The van der Waals surface area contributed by atoms with Crippen LogP contribution in [0.25, 0.3) is 0 Å². The SMILES string of the molecule is CC12CC(=O)CCC1C2. The van der Waals surface area contributed by atoms with Crippen molar-refractivity contribution in [1.82, 2.24) is 0 Å². The maximum atomic E-state index is 10.9. The highest BCUT2D eigenvalue weighted by Gasteiger charge is 2.52. The van der Waals surface area contributed by atoms with Crippen molar-refractivity contribution in [2.75, 3.05) is 0 Å². The minimum absolute atomic E-state index is 0.468. The van der Waals surface area contributed by atoms with E-state index >= 15 is 0 Å². The van der Waals surface area contributed by atoms with E-state index in [1.165, 1.54) is 12.8 Å². The quantitative estimate of drug-likeness (QED) is 0.481. The van der Waals surface area contributed by atoms with Crippen LogP contribution in [0.3, 0.4) is 0 Å². The molecule has 0 radical (unpaired) electrons. The van der Waals surface area contributed by atoms with E-state index in [1.54, 1.807) is 0 Å². The van der Waals surface area contributed by atoms with Crippen molar-refractivity contribution < 1.29 is 4.79 Å². The fourth-order valence-corrected chi connectivity index (χ4v) is 2.05. The highest BCUT2D eigenvalue weighted by molar-refractivity contribution is 5.80. The molecule has 2 rings (SSSR count). The van der Waals surface area contributed by atoms with E-state index in [4.69, 9.17) is 0 Å². The van der Waals surface area contributed by atoms with Gasteiger partial charge in [-0.2, -0.15) is 0 Å². The third-order valence-corrected chi connectivity index (χ3v) is 2.91. The van der Waals surface area contributed by atoms with Gasteiger partial charge in [-0.3, -0.25) is 4.79 Å². The molecule has 2 aliphatic carbocycles. The lowest BCUT2D eigenvalue weighted by atomic mass is 9.89. The Hall–Kier alpha value is -0.330. The van der Waals surface area contributed by atoms with Crippen molar-refractivity contribution in [2.24, 2.45) is 11.3 Å². The second-order valence-electron chi connectivity index (χ2n) is 3.81. The van der Waals surface area contributed by atoms with Crippen molar-refractivity contribution in [2.45, 2.75) is 32.6 Å². The Balaban J connectivity index is 2.11. The van der Waals surface area contributed by atoms with Crippen LogP contribution in [0.15, 0.2) is 0 Å². The third kappa shape index (κ3) is 0.707.